The highest BCUT2D eigenvalue weighted by Gasteiger charge is 2.16. The van der Waals surface area contributed by atoms with Crippen molar-refractivity contribution in [1.29, 1.82) is 0 Å². The van der Waals surface area contributed by atoms with E-state index in [0.29, 0.717) is 12.2 Å². The van der Waals surface area contributed by atoms with Crippen LogP contribution in [0.15, 0.2) is 34.9 Å². The molecule has 1 unspecified atom stereocenters. The summed E-state index contributed by atoms with van der Waals surface area (Å²) >= 11 is 3.49. The van der Waals surface area contributed by atoms with Crippen molar-refractivity contribution >= 4 is 26.8 Å². The first-order valence-electron chi connectivity index (χ1n) is 6.09. The molecule has 1 N–H and O–H groups in total. The fraction of sp³-hybridized carbons (Fsp3) is 0.231. The number of fused-ring (bicyclic) bond motifs is 1. The zero-order valence-electron chi connectivity index (χ0n) is 10.7. The SMILES string of the molecule is Cn1nnc(CC(O)c2ccc(Br)c3cccnc23)n1. The summed E-state index contributed by atoms with van der Waals surface area (Å²) in [5, 5.41) is 23.1. The van der Waals surface area contributed by atoms with Gasteiger partial charge in [0.15, 0.2) is 5.82 Å². The molecule has 20 heavy (non-hydrogen) atoms. The highest BCUT2D eigenvalue weighted by molar-refractivity contribution is 9.10. The minimum Gasteiger partial charge on any atom is -0.388 e. The fourth-order valence-electron chi connectivity index (χ4n) is 2.12. The quantitative estimate of drug-likeness (QED) is 0.790. The van der Waals surface area contributed by atoms with Crippen LogP contribution in [0.1, 0.15) is 17.5 Å². The monoisotopic (exact) mass is 333 g/mol. The number of halogens is 1. The van der Waals surface area contributed by atoms with Crippen molar-refractivity contribution in [2.75, 3.05) is 0 Å². The molecule has 1 aromatic carbocycles. The highest BCUT2D eigenvalue weighted by Crippen LogP contribution is 2.29. The Morgan fingerprint density at radius 1 is 1.35 bits per heavy atom. The second-order valence-electron chi connectivity index (χ2n) is 4.45. The molecule has 3 aromatic rings. The molecule has 102 valence electrons. The summed E-state index contributed by atoms with van der Waals surface area (Å²) in [4.78, 5) is 5.73. The number of pyridine rings is 1. The largest absolute Gasteiger partial charge is 0.388 e. The Kier molecular flexibility index (Phi) is 3.45. The number of tetrazole rings is 1. The Balaban J connectivity index is 1.99. The van der Waals surface area contributed by atoms with Gasteiger partial charge in [-0.2, -0.15) is 4.80 Å². The van der Waals surface area contributed by atoms with Crippen molar-refractivity contribution in [2.24, 2.45) is 7.05 Å². The van der Waals surface area contributed by atoms with Crippen LogP contribution in [0.25, 0.3) is 10.9 Å². The third-order valence-corrected chi connectivity index (χ3v) is 3.72. The minimum atomic E-state index is -0.718. The van der Waals surface area contributed by atoms with E-state index in [1.807, 2.05) is 24.3 Å². The van der Waals surface area contributed by atoms with E-state index in [9.17, 15) is 5.11 Å². The van der Waals surface area contributed by atoms with Crippen LogP contribution in [0, 0.1) is 0 Å². The average molecular weight is 334 g/mol. The summed E-state index contributed by atoms with van der Waals surface area (Å²) in [5.41, 5.74) is 1.54. The molecule has 0 bridgehead atoms. The van der Waals surface area contributed by atoms with Gasteiger partial charge in [-0.1, -0.05) is 28.1 Å². The van der Waals surface area contributed by atoms with Crippen LogP contribution < -0.4 is 0 Å². The molecule has 2 heterocycles. The molecule has 2 aromatic heterocycles. The van der Waals surface area contributed by atoms with Crippen LogP contribution in [0.5, 0.6) is 0 Å². The molecular formula is C13H12BrN5O. The lowest BCUT2D eigenvalue weighted by Gasteiger charge is -2.12. The van der Waals surface area contributed by atoms with E-state index in [4.69, 9.17) is 0 Å². The first-order valence-corrected chi connectivity index (χ1v) is 6.88. The maximum atomic E-state index is 10.4. The Morgan fingerprint density at radius 2 is 2.20 bits per heavy atom. The van der Waals surface area contributed by atoms with Crippen LogP contribution in [0.3, 0.4) is 0 Å². The molecule has 1 atom stereocenters. The second kappa shape index (κ2) is 5.26. The standard InChI is InChI=1S/C13H12BrN5O/c1-19-17-12(16-18-19)7-11(20)9-4-5-10(14)8-3-2-6-15-13(8)9/h2-6,11,20H,7H2,1H3. The van der Waals surface area contributed by atoms with Gasteiger partial charge in [-0.15, -0.1) is 10.2 Å². The smallest absolute Gasteiger partial charge is 0.177 e. The molecule has 0 fully saturated rings. The number of aliphatic hydroxyl groups excluding tert-OH is 1. The maximum Gasteiger partial charge on any atom is 0.177 e. The van der Waals surface area contributed by atoms with Gasteiger partial charge in [0, 0.05) is 28.0 Å². The third-order valence-electron chi connectivity index (χ3n) is 3.03. The maximum absolute atomic E-state index is 10.4. The molecule has 0 aliphatic rings. The van der Waals surface area contributed by atoms with Gasteiger partial charge in [0.1, 0.15) is 0 Å². The second-order valence-corrected chi connectivity index (χ2v) is 5.31. The van der Waals surface area contributed by atoms with Gasteiger partial charge in [-0.25, -0.2) is 0 Å². The minimum absolute atomic E-state index is 0.307. The molecule has 6 nitrogen and oxygen atoms in total. The van der Waals surface area contributed by atoms with E-state index in [1.54, 1.807) is 13.2 Å². The van der Waals surface area contributed by atoms with Crippen molar-refractivity contribution in [3.8, 4) is 0 Å². The predicted molar refractivity (Wildman–Crippen MR) is 76.9 cm³/mol. The van der Waals surface area contributed by atoms with Crippen LogP contribution in [-0.2, 0) is 13.5 Å². The summed E-state index contributed by atoms with van der Waals surface area (Å²) in [6.07, 6.45) is 1.30. The number of rotatable bonds is 3. The Labute approximate surface area is 123 Å². The first-order chi connectivity index (χ1) is 9.65. The van der Waals surface area contributed by atoms with Crippen LogP contribution >= 0.6 is 15.9 Å². The average Bonchev–Trinajstić information content (AvgIpc) is 2.84. The topological polar surface area (TPSA) is 76.7 Å². The van der Waals surface area contributed by atoms with E-state index in [-0.39, 0.29) is 0 Å². The molecule has 0 aliphatic heterocycles. The summed E-state index contributed by atoms with van der Waals surface area (Å²) in [6.45, 7) is 0. The van der Waals surface area contributed by atoms with E-state index >= 15 is 0 Å². The summed E-state index contributed by atoms with van der Waals surface area (Å²) in [7, 11) is 1.69. The molecule has 0 saturated heterocycles. The molecule has 3 rings (SSSR count). The first kappa shape index (κ1) is 13.1. The molecule has 0 spiro atoms. The number of aliphatic hydroxyl groups is 1. The fourth-order valence-corrected chi connectivity index (χ4v) is 2.57. The van der Waals surface area contributed by atoms with Crippen molar-refractivity contribution in [1.82, 2.24) is 25.2 Å². The van der Waals surface area contributed by atoms with E-state index in [0.717, 1.165) is 20.9 Å². The van der Waals surface area contributed by atoms with Gasteiger partial charge in [-0.05, 0) is 17.3 Å². The zero-order chi connectivity index (χ0) is 14.1. The lowest BCUT2D eigenvalue weighted by Crippen LogP contribution is -2.05. The summed E-state index contributed by atoms with van der Waals surface area (Å²) in [5.74, 6) is 0.506. The van der Waals surface area contributed by atoms with Crippen molar-refractivity contribution in [2.45, 2.75) is 12.5 Å². The van der Waals surface area contributed by atoms with Crippen LogP contribution in [0.2, 0.25) is 0 Å². The zero-order valence-corrected chi connectivity index (χ0v) is 12.3. The number of hydrogen-bond donors (Lipinski definition) is 1. The van der Waals surface area contributed by atoms with Gasteiger partial charge < -0.3 is 5.11 Å². The van der Waals surface area contributed by atoms with Gasteiger partial charge >= 0.3 is 0 Å². The number of hydrogen-bond acceptors (Lipinski definition) is 5. The lowest BCUT2D eigenvalue weighted by molar-refractivity contribution is 0.177. The number of nitrogens with zero attached hydrogens (tertiary/aromatic N) is 5. The molecule has 0 saturated carbocycles. The Morgan fingerprint density at radius 3 is 2.95 bits per heavy atom. The molecular weight excluding hydrogens is 322 g/mol. The number of benzene rings is 1. The third kappa shape index (κ3) is 2.41. The van der Waals surface area contributed by atoms with Gasteiger partial charge in [0.2, 0.25) is 0 Å². The van der Waals surface area contributed by atoms with Gasteiger partial charge in [0.25, 0.3) is 0 Å². The van der Waals surface area contributed by atoms with Crippen LogP contribution in [0.4, 0.5) is 0 Å². The molecule has 0 amide bonds. The highest BCUT2D eigenvalue weighted by atomic mass is 79.9. The molecule has 7 heteroatoms. The van der Waals surface area contributed by atoms with Gasteiger partial charge in [-0.3, -0.25) is 4.98 Å². The van der Waals surface area contributed by atoms with Crippen LogP contribution in [-0.4, -0.2) is 30.3 Å². The van der Waals surface area contributed by atoms with E-state index < -0.39 is 6.10 Å². The number of aromatic nitrogens is 5. The lowest BCUT2D eigenvalue weighted by atomic mass is 10.0. The van der Waals surface area contributed by atoms with Gasteiger partial charge in [0.05, 0.1) is 18.7 Å². The summed E-state index contributed by atoms with van der Waals surface area (Å²) in [6, 6.07) is 7.60. The normalized spacial score (nSPS) is 12.8. The van der Waals surface area contributed by atoms with Crippen molar-refractivity contribution in [3.63, 3.8) is 0 Å². The Bertz CT molecular complexity index is 757. The van der Waals surface area contributed by atoms with Crippen molar-refractivity contribution in [3.05, 3.63) is 46.3 Å². The number of aryl methyl sites for hydroxylation is 1. The van der Waals surface area contributed by atoms with E-state index in [2.05, 4.69) is 36.3 Å². The molecule has 0 aliphatic carbocycles. The Hall–Kier alpha value is -1.86. The predicted octanol–water partition coefficient (Wildman–Crippen LogP) is 1.80. The summed E-state index contributed by atoms with van der Waals surface area (Å²) < 4.78 is 0.953. The van der Waals surface area contributed by atoms with E-state index in [1.165, 1.54) is 4.80 Å². The van der Waals surface area contributed by atoms with Crippen molar-refractivity contribution < 1.29 is 5.11 Å². The molecule has 0 radical (unpaired) electrons.